The van der Waals surface area contributed by atoms with Crippen LogP contribution in [0.15, 0.2) is 67.7 Å². The number of H-pyrrole nitrogens is 1. The highest BCUT2D eigenvalue weighted by molar-refractivity contribution is 9.10. The SMILES string of the molecule is COc1ccc(OCC(O)Cn2c(NN=Cc3ccc(Br)cc3)nc3c2c(=O)[nH]c(=O)n3C)cc1. The number of aliphatic hydroxyl groups is 1. The van der Waals surface area contributed by atoms with Crippen molar-refractivity contribution < 1.29 is 14.6 Å². The number of benzene rings is 2. The predicted octanol–water partition coefficient (Wildman–Crippen LogP) is 2.08. The molecule has 12 heteroatoms. The molecular weight excluding hydrogens is 520 g/mol. The number of aliphatic hydroxyl groups excluding tert-OH is 1. The molecule has 3 N–H and O–H groups in total. The molecule has 2 aromatic heterocycles. The fraction of sp³-hybridized carbons (Fsp3) is 0.217. The van der Waals surface area contributed by atoms with Gasteiger partial charge in [-0.3, -0.25) is 14.3 Å². The highest BCUT2D eigenvalue weighted by atomic mass is 79.9. The number of nitrogens with one attached hydrogen (secondary N) is 2. The minimum absolute atomic E-state index is 0.0376. The van der Waals surface area contributed by atoms with Crippen LogP contribution in [-0.4, -0.2) is 50.2 Å². The van der Waals surface area contributed by atoms with E-state index >= 15 is 0 Å². The van der Waals surface area contributed by atoms with E-state index in [4.69, 9.17) is 9.47 Å². The lowest BCUT2D eigenvalue weighted by atomic mass is 10.2. The first kappa shape index (κ1) is 24.2. The number of rotatable bonds is 9. The zero-order valence-electron chi connectivity index (χ0n) is 18.9. The fourth-order valence-electron chi connectivity index (χ4n) is 3.34. The average molecular weight is 543 g/mol. The Hall–Kier alpha value is -3.90. The number of fused-ring (bicyclic) bond motifs is 1. The summed E-state index contributed by atoms with van der Waals surface area (Å²) < 4.78 is 14.4. The van der Waals surface area contributed by atoms with Crippen molar-refractivity contribution in [2.24, 2.45) is 12.1 Å². The first-order chi connectivity index (χ1) is 16.9. The van der Waals surface area contributed by atoms with E-state index in [2.05, 4.69) is 36.4 Å². The van der Waals surface area contributed by atoms with Gasteiger partial charge in [0.25, 0.3) is 5.56 Å². The predicted molar refractivity (Wildman–Crippen MR) is 135 cm³/mol. The number of hydrogen-bond donors (Lipinski definition) is 3. The van der Waals surface area contributed by atoms with Gasteiger partial charge in [-0.25, -0.2) is 10.2 Å². The molecule has 0 saturated carbocycles. The summed E-state index contributed by atoms with van der Waals surface area (Å²) in [4.78, 5) is 31.3. The smallest absolute Gasteiger partial charge is 0.329 e. The second kappa shape index (κ2) is 10.6. The lowest BCUT2D eigenvalue weighted by molar-refractivity contribution is 0.0938. The molecule has 0 radical (unpaired) electrons. The first-order valence-electron chi connectivity index (χ1n) is 10.5. The number of aromatic nitrogens is 4. The number of nitrogens with zero attached hydrogens (tertiary/aromatic N) is 4. The summed E-state index contributed by atoms with van der Waals surface area (Å²) in [5.74, 6) is 1.42. The first-order valence-corrected chi connectivity index (χ1v) is 11.3. The molecule has 35 heavy (non-hydrogen) atoms. The van der Waals surface area contributed by atoms with Gasteiger partial charge in [0.15, 0.2) is 11.2 Å². The Bertz CT molecular complexity index is 1460. The monoisotopic (exact) mass is 542 g/mol. The van der Waals surface area contributed by atoms with E-state index in [0.717, 1.165) is 10.0 Å². The fourth-order valence-corrected chi connectivity index (χ4v) is 3.60. The van der Waals surface area contributed by atoms with Crippen LogP contribution in [0.1, 0.15) is 5.56 Å². The summed E-state index contributed by atoms with van der Waals surface area (Å²) in [7, 11) is 3.07. The van der Waals surface area contributed by atoms with E-state index in [-0.39, 0.29) is 30.3 Å². The van der Waals surface area contributed by atoms with E-state index in [1.165, 1.54) is 16.2 Å². The Labute approximate surface area is 207 Å². The van der Waals surface area contributed by atoms with Gasteiger partial charge in [-0.05, 0) is 42.0 Å². The highest BCUT2D eigenvalue weighted by Crippen LogP contribution is 2.19. The van der Waals surface area contributed by atoms with Gasteiger partial charge in [0, 0.05) is 11.5 Å². The molecule has 2 aromatic carbocycles. The number of ether oxygens (including phenoxy) is 2. The zero-order chi connectivity index (χ0) is 24.9. The van der Waals surface area contributed by atoms with E-state index < -0.39 is 17.4 Å². The maximum Gasteiger partial charge on any atom is 0.329 e. The summed E-state index contributed by atoms with van der Waals surface area (Å²) in [6.07, 6.45) is 0.588. The van der Waals surface area contributed by atoms with Gasteiger partial charge < -0.3 is 19.1 Å². The van der Waals surface area contributed by atoms with Crippen molar-refractivity contribution in [2.45, 2.75) is 12.6 Å². The normalized spacial score (nSPS) is 12.2. The number of halogens is 1. The maximum absolute atomic E-state index is 12.6. The van der Waals surface area contributed by atoms with Crippen LogP contribution in [0.2, 0.25) is 0 Å². The quantitative estimate of drug-likeness (QED) is 0.217. The summed E-state index contributed by atoms with van der Waals surface area (Å²) in [6, 6.07) is 14.4. The summed E-state index contributed by atoms with van der Waals surface area (Å²) in [6.45, 7) is -0.0820. The molecule has 1 atom stereocenters. The van der Waals surface area contributed by atoms with Crippen LogP contribution >= 0.6 is 15.9 Å². The standard InChI is InChI=1S/C23H23BrN6O5/c1-29-20-19(21(32)27-23(29)33)30(12-16(31)13-35-18-9-7-17(34-2)8-10-18)22(26-20)28-25-11-14-3-5-15(24)6-4-14/h3-11,16,31H,12-13H2,1-2H3,(H,26,28)(H,27,32,33). The molecule has 0 aliphatic rings. The molecule has 1 unspecified atom stereocenters. The molecule has 0 aliphatic heterocycles. The second-order valence-electron chi connectivity index (χ2n) is 7.60. The number of hydrogen-bond acceptors (Lipinski definition) is 8. The van der Waals surface area contributed by atoms with Crippen molar-refractivity contribution in [3.8, 4) is 11.5 Å². The molecule has 0 spiro atoms. The van der Waals surface area contributed by atoms with E-state index in [1.807, 2.05) is 24.3 Å². The number of imidazole rings is 1. The maximum atomic E-state index is 12.6. The highest BCUT2D eigenvalue weighted by Gasteiger charge is 2.20. The molecule has 4 aromatic rings. The Balaban J connectivity index is 1.58. The second-order valence-corrected chi connectivity index (χ2v) is 8.51. The largest absolute Gasteiger partial charge is 0.497 e. The van der Waals surface area contributed by atoms with Gasteiger partial charge in [0.1, 0.15) is 24.2 Å². The van der Waals surface area contributed by atoms with Crippen molar-refractivity contribution in [1.29, 1.82) is 0 Å². The van der Waals surface area contributed by atoms with Crippen LogP contribution in [0.4, 0.5) is 5.95 Å². The van der Waals surface area contributed by atoms with Crippen molar-refractivity contribution in [3.63, 3.8) is 0 Å². The van der Waals surface area contributed by atoms with Crippen LogP contribution in [0.3, 0.4) is 0 Å². The molecule has 0 amide bonds. The van der Waals surface area contributed by atoms with E-state index in [0.29, 0.717) is 11.5 Å². The average Bonchev–Trinajstić information content (AvgIpc) is 3.21. The van der Waals surface area contributed by atoms with E-state index in [1.54, 1.807) is 37.6 Å². The van der Waals surface area contributed by atoms with Gasteiger partial charge in [-0.2, -0.15) is 10.1 Å². The third-order valence-corrected chi connectivity index (χ3v) is 5.68. The van der Waals surface area contributed by atoms with Crippen molar-refractivity contribution >= 4 is 39.3 Å². The van der Waals surface area contributed by atoms with Crippen molar-refractivity contribution in [2.75, 3.05) is 19.1 Å². The zero-order valence-corrected chi connectivity index (χ0v) is 20.5. The topological polar surface area (TPSA) is 136 Å². The Morgan fingerprint density at radius 3 is 2.54 bits per heavy atom. The van der Waals surface area contributed by atoms with Gasteiger partial charge in [-0.15, -0.1) is 0 Å². The number of aromatic amines is 1. The van der Waals surface area contributed by atoms with E-state index in [9.17, 15) is 14.7 Å². The number of anilines is 1. The van der Waals surface area contributed by atoms with Gasteiger partial charge in [-0.1, -0.05) is 28.1 Å². The summed E-state index contributed by atoms with van der Waals surface area (Å²) in [5.41, 5.74) is 2.70. The lowest BCUT2D eigenvalue weighted by Gasteiger charge is -2.15. The minimum atomic E-state index is -0.998. The van der Waals surface area contributed by atoms with Gasteiger partial charge >= 0.3 is 5.69 Å². The van der Waals surface area contributed by atoms with Crippen molar-refractivity contribution in [3.05, 3.63) is 79.4 Å². The lowest BCUT2D eigenvalue weighted by Crippen LogP contribution is -2.30. The third-order valence-electron chi connectivity index (χ3n) is 5.15. The molecule has 0 saturated heterocycles. The molecule has 0 aliphatic carbocycles. The molecule has 0 fully saturated rings. The molecular formula is C23H23BrN6O5. The van der Waals surface area contributed by atoms with Crippen LogP contribution in [-0.2, 0) is 13.6 Å². The Morgan fingerprint density at radius 2 is 1.86 bits per heavy atom. The number of aryl methyl sites for hydroxylation is 1. The molecule has 0 bridgehead atoms. The van der Waals surface area contributed by atoms with Gasteiger partial charge in [0.05, 0.1) is 19.9 Å². The summed E-state index contributed by atoms with van der Waals surface area (Å²) in [5, 5.41) is 14.9. The van der Waals surface area contributed by atoms with Crippen LogP contribution in [0, 0.1) is 0 Å². The minimum Gasteiger partial charge on any atom is -0.497 e. The molecule has 4 rings (SSSR count). The van der Waals surface area contributed by atoms with Crippen LogP contribution < -0.4 is 26.1 Å². The molecule has 182 valence electrons. The van der Waals surface area contributed by atoms with Crippen LogP contribution in [0.25, 0.3) is 11.2 Å². The molecule has 11 nitrogen and oxygen atoms in total. The Morgan fingerprint density at radius 1 is 1.17 bits per heavy atom. The van der Waals surface area contributed by atoms with Crippen molar-refractivity contribution in [1.82, 2.24) is 19.1 Å². The summed E-state index contributed by atoms with van der Waals surface area (Å²) >= 11 is 3.38. The third kappa shape index (κ3) is 5.61. The number of methoxy groups -OCH3 is 1. The van der Waals surface area contributed by atoms with Gasteiger partial charge in [0.2, 0.25) is 5.95 Å². The molecule has 2 heterocycles. The Kier molecular flexibility index (Phi) is 7.32. The van der Waals surface area contributed by atoms with Crippen LogP contribution in [0.5, 0.6) is 11.5 Å². The number of hydrazone groups is 1.